The Kier molecular flexibility index (Phi) is 3.74. The molecule has 1 amide bonds. The number of carbonyl (C=O) groups is 1. The molecule has 98 valence electrons. The van der Waals surface area contributed by atoms with Crippen LogP contribution < -0.4 is 5.73 Å². The van der Waals surface area contributed by atoms with Crippen LogP contribution in [0.4, 0.5) is 0 Å². The van der Waals surface area contributed by atoms with Gasteiger partial charge in [0.25, 0.3) is 0 Å². The van der Waals surface area contributed by atoms with E-state index >= 15 is 0 Å². The third-order valence-electron chi connectivity index (χ3n) is 3.01. The van der Waals surface area contributed by atoms with E-state index in [1.54, 1.807) is 18.2 Å². The molecule has 0 aromatic heterocycles. The van der Waals surface area contributed by atoms with Crippen molar-refractivity contribution in [3.8, 4) is 0 Å². The maximum atomic E-state index is 12.4. The minimum absolute atomic E-state index is 0.166. The van der Waals surface area contributed by atoms with Crippen LogP contribution in [0.25, 0.3) is 0 Å². The summed E-state index contributed by atoms with van der Waals surface area (Å²) in [5.41, 5.74) is 5.20. The minimum Gasteiger partial charge on any atom is -0.369 e. The van der Waals surface area contributed by atoms with Crippen molar-refractivity contribution in [1.29, 1.82) is 0 Å². The highest BCUT2D eigenvalue weighted by Crippen LogP contribution is 2.28. The highest BCUT2D eigenvalue weighted by atomic mass is 79.9. The molecule has 1 aromatic rings. The number of hydrogen-bond donors (Lipinski definition) is 1. The number of amides is 1. The second-order valence-corrected chi connectivity index (χ2v) is 6.94. The molecule has 7 heteroatoms. The summed E-state index contributed by atoms with van der Waals surface area (Å²) < 4.78 is 26.6. The third kappa shape index (κ3) is 2.43. The van der Waals surface area contributed by atoms with Crippen LogP contribution in [0, 0.1) is 5.92 Å². The molecule has 0 aliphatic carbocycles. The van der Waals surface area contributed by atoms with E-state index in [4.69, 9.17) is 5.73 Å². The fraction of sp³-hybridized carbons (Fsp3) is 0.364. The molecule has 1 aromatic carbocycles. The molecule has 18 heavy (non-hydrogen) atoms. The Morgan fingerprint density at radius 1 is 1.39 bits per heavy atom. The summed E-state index contributed by atoms with van der Waals surface area (Å²) in [6.07, 6.45) is 0.485. The van der Waals surface area contributed by atoms with Crippen LogP contribution in [0.5, 0.6) is 0 Å². The Morgan fingerprint density at radius 2 is 2.06 bits per heavy atom. The highest BCUT2D eigenvalue weighted by Gasteiger charge is 2.35. The van der Waals surface area contributed by atoms with Crippen LogP contribution >= 0.6 is 15.9 Å². The molecule has 0 bridgehead atoms. The molecule has 1 saturated heterocycles. The van der Waals surface area contributed by atoms with Gasteiger partial charge in [-0.1, -0.05) is 12.1 Å². The van der Waals surface area contributed by atoms with Crippen molar-refractivity contribution >= 4 is 31.9 Å². The van der Waals surface area contributed by atoms with Crippen molar-refractivity contribution in [2.45, 2.75) is 11.3 Å². The van der Waals surface area contributed by atoms with E-state index in [2.05, 4.69) is 15.9 Å². The maximum absolute atomic E-state index is 12.4. The first-order chi connectivity index (χ1) is 8.43. The molecule has 1 unspecified atom stereocenters. The molecule has 5 nitrogen and oxygen atoms in total. The van der Waals surface area contributed by atoms with Crippen LogP contribution in [0.1, 0.15) is 6.42 Å². The van der Waals surface area contributed by atoms with Crippen molar-refractivity contribution < 1.29 is 13.2 Å². The molecule has 0 radical (unpaired) electrons. The van der Waals surface area contributed by atoms with Crippen LogP contribution in [0.2, 0.25) is 0 Å². The Bertz CT molecular complexity index is 573. The van der Waals surface area contributed by atoms with E-state index in [-0.39, 0.29) is 17.4 Å². The van der Waals surface area contributed by atoms with Gasteiger partial charge >= 0.3 is 0 Å². The normalized spacial score (nSPS) is 21.1. The Morgan fingerprint density at radius 3 is 2.61 bits per heavy atom. The van der Waals surface area contributed by atoms with Gasteiger partial charge in [0, 0.05) is 17.6 Å². The summed E-state index contributed by atoms with van der Waals surface area (Å²) in [6, 6.07) is 6.63. The molecule has 1 heterocycles. The van der Waals surface area contributed by atoms with Gasteiger partial charge in [0.2, 0.25) is 15.9 Å². The zero-order valence-electron chi connectivity index (χ0n) is 9.54. The molecule has 0 spiro atoms. The van der Waals surface area contributed by atoms with Gasteiger partial charge in [0.05, 0.1) is 10.8 Å². The van der Waals surface area contributed by atoms with Crippen molar-refractivity contribution in [2.75, 3.05) is 13.1 Å². The molecule has 2 N–H and O–H groups in total. The van der Waals surface area contributed by atoms with E-state index in [0.29, 0.717) is 17.4 Å². The molecule has 1 atom stereocenters. The monoisotopic (exact) mass is 332 g/mol. The molecule has 1 aliphatic rings. The number of halogens is 1. The third-order valence-corrected chi connectivity index (χ3v) is 5.89. The zero-order chi connectivity index (χ0) is 13.3. The smallest absolute Gasteiger partial charge is 0.244 e. The van der Waals surface area contributed by atoms with E-state index in [9.17, 15) is 13.2 Å². The summed E-state index contributed by atoms with van der Waals surface area (Å²) in [4.78, 5) is 11.3. The average Bonchev–Trinajstić information content (AvgIpc) is 2.79. The minimum atomic E-state index is -3.56. The van der Waals surface area contributed by atoms with Crippen LogP contribution in [0.3, 0.4) is 0 Å². The topological polar surface area (TPSA) is 80.5 Å². The number of sulfonamides is 1. The van der Waals surface area contributed by atoms with Gasteiger partial charge in [-0.3, -0.25) is 4.79 Å². The van der Waals surface area contributed by atoms with Crippen LogP contribution in [-0.4, -0.2) is 31.7 Å². The van der Waals surface area contributed by atoms with Gasteiger partial charge in [-0.15, -0.1) is 0 Å². The lowest BCUT2D eigenvalue weighted by atomic mass is 10.1. The lowest BCUT2D eigenvalue weighted by Gasteiger charge is -2.16. The first-order valence-corrected chi connectivity index (χ1v) is 7.70. The predicted molar refractivity (Wildman–Crippen MR) is 70.2 cm³/mol. The standard InChI is InChI=1S/C11H13BrN2O3S/c12-9-3-1-2-4-10(9)18(16,17)14-6-5-8(7-14)11(13)15/h1-4,8H,5-7H2,(H2,13,15). The van der Waals surface area contributed by atoms with Gasteiger partial charge in [-0.25, -0.2) is 8.42 Å². The van der Waals surface area contributed by atoms with Crippen molar-refractivity contribution in [3.63, 3.8) is 0 Å². The van der Waals surface area contributed by atoms with Gasteiger partial charge in [0.15, 0.2) is 0 Å². The van der Waals surface area contributed by atoms with Gasteiger partial charge in [-0.05, 0) is 34.5 Å². The second-order valence-electron chi connectivity index (χ2n) is 4.18. The fourth-order valence-corrected chi connectivity index (χ4v) is 4.44. The van der Waals surface area contributed by atoms with Crippen molar-refractivity contribution in [1.82, 2.24) is 4.31 Å². The summed E-state index contributed by atoms with van der Waals surface area (Å²) in [6.45, 7) is 0.496. The maximum Gasteiger partial charge on any atom is 0.244 e. The predicted octanol–water partition coefficient (Wildman–Crippen LogP) is 0.945. The number of benzene rings is 1. The van der Waals surface area contributed by atoms with Crippen LogP contribution in [-0.2, 0) is 14.8 Å². The molecular weight excluding hydrogens is 320 g/mol. The van der Waals surface area contributed by atoms with E-state index < -0.39 is 15.9 Å². The number of primary amides is 1. The fourth-order valence-electron chi connectivity index (χ4n) is 1.97. The quantitative estimate of drug-likeness (QED) is 0.894. The lowest BCUT2D eigenvalue weighted by molar-refractivity contribution is -0.121. The molecule has 0 saturated carbocycles. The van der Waals surface area contributed by atoms with Gasteiger partial charge in [-0.2, -0.15) is 4.31 Å². The summed E-state index contributed by atoms with van der Waals surface area (Å²) in [5, 5.41) is 0. The molecule has 2 rings (SSSR count). The Balaban J connectivity index is 2.29. The molecule has 1 fully saturated rings. The first kappa shape index (κ1) is 13.5. The Labute approximate surface area is 114 Å². The first-order valence-electron chi connectivity index (χ1n) is 5.47. The van der Waals surface area contributed by atoms with Crippen molar-refractivity contribution in [3.05, 3.63) is 28.7 Å². The molecular formula is C11H13BrN2O3S. The number of carbonyl (C=O) groups excluding carboxylic acids is 1. The summed E-state index contributed by atoms with van der Waals surface area (Å²) in [7, 11) is -3.56. The number of rotatable bonds is 3. The highest BCUT2D eigenvalue weighted by molar-refractivity contribution is 9.10. The summed E-state index contributed by atoms with van der Waals surface area (Å²) >= 11 is 3.23. The van der Waals surface area contributed by atoms with E-state index in [0.717, 1.165) is 0 Å². The SMILES string of the molecule is NC(=O)C1CCN(S(=O)(=O)c2ccccc2Br)C1. The number of nitrogens with two attached hydrogens (primary N) is 1. The van der Waals surface area contributed by atoms with Crippen molar-refractivity contribution in [2.24, 2.45) is 11.7 Å². The van der Waals surface area contributed by atoms with Gasteiger partial charge in [0.1, 0.15) is 0 Å². The number of nitrogens with zero attached hydrogens (tertiary/aromatic N) is 1. The number of hydrogen-bond acceptors (Lipinski definition) is 3. The summed E-state index contributed by atoms with van der Waals surface area (Å²) in [5.74, 6) is -0.831. The van der Waals surface area contributed by atoms with E-state index in [1.165, 1.54) is 10.4 Å². The van der Waals surface area contributed by atoms with E-state index in [1.807, 2.05) is 0 Å². The Hall–Kier alpha value is -0.920. The van der Waals surface area contributed by atoms with Crippen LogP contribution in [0.15, 0.2) is 33.6 Å². The zero-order valence-corrected chi connectivity index (χ0v) is 11.9. The largest absolute Gasteiger partial charge is 0.369 e. The molecule has 1 aliphatic heterocycles. The lowest BCUT2D eigenvalue weighted by Crippen LogP contribution is -2.32. The average molecular weight is 333 g/mol. The van der Waals surface area contributed by atoms with Gasteiger partial charge < -0.3 is 5.73 Å². The second kappa shape index (κ2) is 4.99.